The summed E-state index contributed by atoms with van der Waals surface area (Å²) < 4.78 is 10.5. The van der Waals surface area contributed by atoms with Crippen molar-refractivity contribution in [3.05, 3.63) is 23.8 Å². The molecule has 1 amide bonds. The van der Waals surface area contributed by atoms with E-state index in [0.717, 1.165) is 25.9 Å². The van der Waals surface area contributed by atoms with Gasteiger partial charge in [0, 0.05) is 19.1 Å². The zero-order chi connectivity index (χ0) is 15.4. The first-order chi connectivity index (χ1) is 10.1. The molecule has 2 rings (SSSR count). The highest BCUT2D eigenvalue weighted by Gasteiger charge is 2.27. The average Bonchev–Trinajstić information content (AvgIpc) is 2.53. The van der Waals surface area contributed by atoms with Crippen LogP contribution in [0.3, 0.4) is 0 Å². The van der Waals surface area contributed by atoms with Gasteiger partial charge in [0.05, 0.1) is 19.8 Å². The lowest BCUT2D eigenvalue weighted by Crippen LogP contribution is -2.42. The van der Waals surface area contributed by atoms with Crippen LogP contribution in [0.25, 0.3) is 0 Å². The highest BCUT2D eigenvalue weighted by molar-refractivity contribution is 5.97. The lowest BCUT2D eigenvalue weighted by atomic mass is 9.90. The van der Waals surface area contributed by atoms with Gasteiger partial charge in [-0.2, -0.15) is 0 Å². The molecule has 1 unspecified atom stereocenters. The van der Waals surface area contributed by atoms with Crippen molar-refractivity contribution in [2.45, 2.75) is 25.8 Å². The third-order valence-corrected chi connectivity index (χ3v) is 4.21. The van der Waals surface area contributed by atoms with Crippen molar-refractivity contribution in [2.75, 3.05) is 27.3 Å². The highest BCUT2D eigenvalue weighted by Crippen LogP contribution is 2.27. The molecule has 6 heteroatoms. The van der Waals surface area contributed by atoms with Crippen LogP contribution < -0.4 is 15.2 Å². The third kappa shape index (κ3) is 4.05. The molecule has 0 aliphatic carbocycles. The van der Waals surface area contributed by atoms with E-state index in [0.29, 0.717) is 23.0 Å². The van der Waals surface area contributed by atoms with Gasteiger partial charge in [0.1, 0.15) is 11.5 Å². The Morgan fingerprint density at radius 2 is 1.91 bits per heavy atom. The number of ether oxygens (including phenoxy) is 2. The van der Waals surface area contributed by atoms with Gasteiger partial charge in [-0.15, -0.1) is 12.4 Å². The number of amides is 1. The summed E-state index contributed by atoms with van der Waals surface area (Å²) in [4.78, 5) is 14.6. The quantitative estimate of drug-likeness (QED) is 0.921. The molecule has 1 saturated heterocycles. The molecular weight excluding hydrogens is 304 g/mol. The van der Waals surface area contributed by atoms with E-state index in [2.05, 4.69) is 0 Å². The minimum absolute atomic E-state index is 0. The summed E-state index contributed by atoms with van der Waals surface area (Å²) in [6.07, 6.45) is 1.91. The summed E-state index contributed by atoms with van der Waals surface area (Å²) in [6.45, 7) is 3.52. The van der Waals surface area contributed by atoms with Gasteiger partial charge in [0.25, 0.3) is 5.91 Å². The lowest BCUT2D eigenvalue weighted by Gasteiger charge is -2.34. The smallest absolute Gasteiger partial charge is 0.257 e. The Labute approximate surface area is 138 Å². The molecule has 0 radical (unpaired) electrons. The maximum atomic E-state index is 12.7. The van der Waals surface area contributed by atoms with Gasteiger partial charge in [-0.05, 0) is 43.9 Å². The Bertz CT molecular complexity index is 500. The first kappa shape index (κ1) is 18.6. The predicted octanol–water partition coefficient (Wildman–Crippen LogP) is 2.33. The van der Waals surface area contributed by atoms with Gasteiger partial charge in [-0.1, -0.05) is 0 Å². The first-order valence-corrected chi connectivity index (χ1v) is 7.33. The molecule has 1 atom stereocenters. The Balaban J connectivity index is 0.00000242. The van der Waals surface area contributed by atoms with Crippen LogP contribution in [0.2, 0.25) is 0 Å². The molecule has 1 aliphatic heterocycles. The number of hydrogen-bond donors (Lipinski definition) is 1. The Morgan fingerprint density at radius 1 is 1.27 bits per heavy atom. The number of hydrogen-bond acceptors (Lipinski definition) is 4. The molecule has 2 N–H and O–H groups in total. The fraction of sp³-hybridized carbons (Fsp3) is 0.562. The summed E-state index contributed by atoms with van der Waals surface area (Å²) >= 11 is 0. The normalized spacial score (nSPS) is 16.6. The minimum atomic E-state index is -0.00567. The van der Waals surface area contributed by atoms with Crippen molar-refractivity contribution in [1.82, 2.24) is 4.90 Å². The van der Waals surface area contributed by atoms with Gasteiger partial charge < -0.3 is 20.1 Å². The molecule has 0 bridgehead atoms. The summed E-state index contributed by atoms with van der Waals surface area (Å²) in [6, 6.07) is 5.48. The molecule has 1 aromatic carbocycles. The molecule has 5 nitrogen and oxygen atoms in total. The number of benzene rings is 1. The lowest BCUT2D eigenvalue weighted by molar-refractivity contribution is 0.0677. The Morgan fingerprint density at radius 3 is 2.41 bits per heavy atom. The van der Waals surface area contributed by atoms with E-state index in [1.807, 2.05) is 11.8 Å². The van der Waals surface area contributed by atoms with Crippen molar-refractivity contribution >= 4 is 18.3 Å². The van der Waals surface area contributed by atoms with Crippen LogP contribution in [-0.2, 0) is 0 Å². The predicted molar refractivity (Wildman–Crippen MR) is 89.1 cm³/mol. The molecule has 124 valence electrons. The van der Waals surface area contributed by atoms with Crippen LogP contribution >= 0.6 is 12.4 Å². The molecule has 1 aliphatic rings. The van der Waals surface area contributed by atoms with E-state index in [9.17, 15) is 4.79 Å². The van der Waals surface area contributed by atoms with Crippen molar-refractivity contribution in [2.24, 2.45) is 11.7 Å². The number of rotatable bonds is 4. The summed E-state index contributed by atoms with van der Waals surface area (Å²) in [5.41, 5.74) is 6.50. The number of halogens is 1. The fourth-order valence-electron chi connectivity index (χ4n) is 2.78. The molecule has 22 heavy (non-hydrogen) atoms. The first-order valence-electron chi connectivity index (χ1n) is 7.33. The van der Waals surface area contributed by atoms with E-state index < -0.39 is 0 Å². The Hall–Kier alpha value is -1.46. The molecule has 1 aromatic rings. The van der Waals surface area contributed by atoms with Crippen LogP contribution in [-0.4, -0.2) is 44.2 Å². The number of methoxy groups -OCH3 is 2. The SMILES string of the molecule is COc1ccc(OC)c(C(=O)N2CCC(C(C)N)CC2)c1.Cl. The maximum Gasteiger partial charge on any atom is 0.257 e. The number of piperidine rings is 1. The largest absolute Gasteiger partial charge is 0.497 e. The topological polar surface area (TPSA) is 64.8 Å². The van der Waals surface area contributed by atoms with Crippen molar-refractivity contribution in [3.8, 4) is 11.5 Å². The van der Waals surface area contributed by atoms with Crippen molar-refractivity contribution in [3.63, 3.8) is 0 Å². The second kappa shape index (κ2) is 8.25. The van der Waals surface area contributed by atoms with Gasteiger partial charge in [-0.3, -0.25) is 4.79 Å². The molecule has 1 heterocycles. The molecule has 0 aromatic heterocycles. The van der Waals surface area contributed by atoms with Crippen molar-refractivity contribution in [1.29, 1.82) is 0 Å². The zero-order valence-electron chi connectivity index (χ0n) is 13.4. The monoisotopic (exact) mass is 328 g/mol. The highest BCUT2D eigenvalue weighted by atomic mass is 35.5. The number of nitrogens with two attached hydrogens (primary N) is 1. The Kier molecular flexibility index (Phi) is 6.97. The second-order valence-corrected chi connectivity index (χ2v) is 5.55. The van der Waals surface area contributed by atoms with Crippen molar-refractivity contribution < 1.29 is 14.3 Å². The number of nitrogens with zero attached hydrogens (tertiary/aromatic N) is 1. The number of carbonyl (C=O) groups is 1. The van der Waals surface area contributed by atoms with E-state index in [-0.39, 0.29) is 24.4 Å². The van der Waals surface area contributed by atoms with Gasteiger partial charge in [0.15, 0.2) is 0 Å². The van der Waals surface area contributed by atoms with Gasteiger partial charge >= 0.3 is 0 Å². The van der Waals surface area contributed by atoms with E-state index in [1.165, 1.54) is 0 Å². The molecular formula is C16H25ClN2O3. The summed E-state index contributed by atoms with van der Waals surface area (Å²) in [5.74, 6) is 1.73. The van der Waals surface area contributed by atoms with Crippen LogP contribution in [0.4, 0.5) is 0 Å². The molecule has 1 fully saturated rings. The molecule has 0 spiro atoms. The number of likely N-dealkylation sites (tertiary alicyclic amines) is 1. The van der Waals surface area contributed by atoms with E-state index >= 15 is 0 Å². The molecule has 0 saturated carbocycles. The number of carbonyl (C=O) groups excluding carboxylic acids is 1. The van der Waals surface area contributed by atoms with Crippen LogP contribution in [0.1, 0.15) is 30.1 Å². The maximum absolute atomic E-state index is 12.7. The fourth-order valence-corrected chi connectivity index (χ4v) is 2.78. The van der Waals surface area contributed by atoms with E-state index in [4.69, 9.17) is 15.2 Å². The van der Waals surface area contributed by atoms with Crippen LogP contribution in [0.5, 0.6) is 11.5 Å². The van der Waals surface area contributed by atoms with Crippen LogP contribution in [0.15, 0.2) is 18.2 Å². The van der Waals surface area contributed by atoms with Gasteiger partial charge in [-0.25, -0.2) is 0 Å². The average molecular weight is 329 g/mol. The minimum Gasteiger partial charge on any atom is -0.497 e. The van der Waals surface area contributed by atoms with Gasteiger partial charge in [0.2, 0.25) is 0 Å². The standard InChI is InChI=1S/C16H24N2O3.ClH/c1-11(17)12-6-8-18(9-7-12)16(19)14-10-13(20-2)4-5-15(14)21-3;/h4-5,10-12H,6-9,17H2,1-3H3;1H. The second-order valence-electron chi connectivity index (χ2n) is 5.55. The zero-order valence-corrected chi connectivity index (χ0v) is 14.2. The van der Waals surface area contributed by atoms with Crippen LogP contribution in [0, 0.1) is 5.92 Å². The third-order valence-electron chi connectivity index (χ3n) is 4.21. The van der Waals surface area contributed by atoms with E-state index in [1.54, 1.807) is 32.4 Å². The summed E-state index contributed by atoms with van der Waals surface area (Å²) in [7, 11) is 3.16. The summed E-state index contributed by atoms with van der Waals surface area (Å²) in [5, 5.41) is 0.